The Bertz CT molecular complexity index is 1010. The first kappa shape index (κ1) is 20.4. The first-order valence-corrected chi connectivity index (χ1v) is 10.3. The Hall–Kier alpha value is -2.90. The minimum atomic E-state index is -0.197. The van der Waals surface area contributed by atoms with Crippen molar-refractivity contribution < 1.29 is 9.53 Å². The van der Waals surface area contributed by atoms with Gasteiger partial charge in [0, 0.05) is 68.8 Å². The molecule has 0 spiro atoms. The summed E-state index contributed by atoms with van der Waals surface area (Å²) in [7, 11) is 3.12. The summed E-state index contributed by atoms with van der Waals surface area (Å²) in [5, 5.41) is 0. The van der Waals surface area contributed by atoms with E-state index in [1.54, 1.807) is 19.6 Å². The molecular formula is C22H29N5O3. The Morgan fingerprint density at radius 2 is 1.77 bits per heavy atom. The number of nitrogens with zero attached hydrogens (tertiary/aromatic N) is 5. The van der Waals surface area contributed by atoms with Gasteiger partial charge in [-0.15, -0.1) is 0 Å². The lowest BCUT2D eigenvalue weighted by atomic mass is 9.92. The summed E-state index contributed by atoms with van der Waals surface area (Å²) in [6.07, 6.45) is 3.21. The van der Waals surface area contributed by atoms with Crippen molar-refractivity contribution in [3.05, 3.63) is 46.3 Å². The number of hydrogen-bond donors (Lipinski definition) is 0. The first-order chi connectivity index (χ1) is 14.2. The number of fused-ring (bicyclic) bond motifs is 1. The maximum atomic E-state index is 13.1. The zero-order chi connectivity index (χ0) is 21.6. The largest absolute Gasteiger partial charge is 0.496 e. The molecule has 160 valence electrons. The molecule has 4 heterocycles. The molecule has 2 aliphatic heterocycles. The molecule has 2 unspecified atom stereocenters. The molecule has 2 aromatic heterocycles. The van der Waals surface area contributed by atoms with Crippen molar-refractivity contribution in [3.63, 3.8) is 0 Å². The normalized spacial score (nSPS) is 21.1. The number of methoxy groups -OCH3 is 1. The van der Waals surface area contributed by atoms with Gasteiger partial charge in [-0.3, -0.25) is 9.59 Å². The Morgan fingerprint density at radius 1 is 1.10 bits per heavy atom. The number of carbonyl (C=O) groups is 1. The van der Waals surface area contributed by atoms with Crippen molar-refractivity contribution in [1.29, 1.82) is 0 Å². The monoisotopic (exact) mass is 411 g/mol. The van der Waals surface area contributed by atoms with E-state index in [1.165, 1.54) is 17.7 Å². The Labute approximate surface area is 176 Å². The molecule has 2 atom stereocenters. The average molecular weight is 412 g/mol. The van der Waals surface area contributed by atoms with Gasteiger partial charge in [0.25, 0.3) is 11.5 Å². The van der Waals surface area contributed by atoms with E-state index in [-0.39, 0.29) is 16.9 Å². The Balaban J connectivity index is 1.47. The van der Waals surface area contributed by atoms with Gasteiger partial charge >= 0.3 is 0 Å². The van der Waals surface area contributed by atoms with Crippen LogP contribution in [0.1, 0.15) is 36.8 Å². The second-order valence-corrected chi connectivity index (χ2v) is 9.35. The molecule has 0 aliphatic carbocycles. The number of likely N-dealkylation sites (tertiary alicyclic amines) is 1. The van der Waals surface area contributed by atoms with E-state index < -0.39 is 0 Å². The van der Waals surface area contributed by atoms with Gasteiger partial charge in [-0.05, 0) is 0 Å². The molecule has 0 N–H and O–H groups in total. The van der Waals surface area contributed by atoms with Gasteiger partial charge in [-0.2, -0.15) is 0 Å². The number of pyridine rings is 1. The lowest BCUT2D eigenvalue weighted by Gasteiger charge is -2.24. The van der Waals surface area contributed by atoms with Crippen LogP contribution < -0.4 is 15.2 Å². The zero-order valence-corrected chi connectivity index (χ0v) is 18.3. The van der Waals surface area contributed by atoms with Crippen LogP contribution in [-0.4, -0.2) is 58.6 Å². The molecule has 2 saturated heterocycles. The fourth-order valence-corrected chi connectivity index (χ4v) is 4.39. The fraction of sp³-hybridized carbons (Fsp3) is 0.545. The molecule has 2 fully saturated rings. The summed E-state index contributed by atoms with van der Waals surface area (Å²) in [6.45, 7) is 9.59. The highest BCUT2D eigenvalue weighted by Gasteiger charge is 2.42. The van der Waals surface area contributed by atoms with Crippen LogP contribution in [-0.2, 0) is 12.5 Å². The fourth-order valence-electron chi connectivity index (χ4n) is 4.39. The summed E-state index contributed by atoms with van der Waals surface area (Å²) in [4.78, 5) is 38.1. The van der Waals surface area contributed by atoms with Crippen LogP contribution in [0.4, 0.5) is 5.82 Å². The Kier molecular flexibility index (Phi) is 5.03. The minimum absolute atomic E-state index is 0.0225. The highest BCUT2D eigenvalue weighted by Crippen LogP contribution is 2.35. The van der Waals surface area contributed by atoms with Crippen LogP contribution >= 0.6 is 0 Å². The number of anilines is 1. The molecule has 0 aromatic carbocycles. The highest BCUT2D eigenvalue weighted by molar-refractivity contribution is 5.96. The first-order valence-electron chi connectivity index (χ1n) is 10.3. The lowest BCUT2D eigenvalue weighted by molar-refractivity contribution is 0.0778. The molecule has 8 heteroatoms. The number of ether oxygens (including phenoxy) is 1. The predicted molar refractivity (Wildman–Crippen MR) is 114 cm³/mol. The van der Waals surface area contributed by atoms with Crippen LogP contribution in [0, 0.1) is 11.8 Å². The summed E-state index contributed by atoms with van der Waals surface area (Å²) in [6, 6.07) is 3.45. The summed E-state index contributed by atoms with van der Waals surface area (Å²) < 4.78 is 6.70. The minimum Gasteiger partial charge on any atom is -0.496 e. The number of rotatable bonds is 3. The molecule has 1 amide bonds. The molecular weight excluding hydrogens is 382 g/mol. The molecule has 2 aromatic rings. The number of aromatic nitrogens is 3. The van der Waals surface area contributed by atoms with Gasteiger partial charge in [0.1, 0.15) is 17.9 Å². The smallest absolute Gasteiger partial charge is 0.259 e. The van der Waals surface area contributed by atoms with Gasteiger partial charge in [-0.1, -0.05) is 20.8 Å². The van der Waals surface area contributed by atoms with Gasteiger partial charge < -0.3 is 19.1 Å². The van der Waals surface area contributed by atoms with Crippen LogP contribution in [0.2, 0.25) is 0 Å². The summed E-state index contributed by atoms with van der Waals surface area (Å²) >= 11 is 0. The lowest BCUT2D eigenvalue weighted by Crippen LogP contribution is -2.34. The molecule has 0 bridgehead atoms. The van der Waals surface area contributed by atoms with Crippen molar-refractivity contribution in [1.82, 2.24) is 19.4 Å². The van der Waals surface area contributed by atoms with Crippen molar-refractivity contribution in [2.75, 3.05) is 38.2 Å². The van der Waals surface area contributed by atoms with Crippen molar-refractivity contribution >= 4 is 11.7 Å². The van der Waals surface area contributed by atoms with Crippen LogP contribution in [0.25, 0.3) is 0 Å². The molecule has 0 radical (unpaired) electrons. The van der Waals surface area contributed by atoms with Crippen LogP contribution in [0.15, 0.2) is 29.5 Å². The predicted octanol–water partition coefficient (Wildman–Crippen LogP) is 1.69. The summed E-state index contributed by atoms with van der Waals surface area (Å²) in [5.74, 6) is 2.01. The van der Waals surface area contributed by atoms with Gasteiger partial charge in [0.2, 0.25) is 0 Å². The van der Waals surface area contributed by atoms with E-state index in [1.807, 2.05) is 4.90 Å². The van der Waals surface area contributed by atoms with E-state index in [0.29, 0.717) is 36.2 Å². The SMILES string of the molecule is COc1cc(=O)n(C)cc1C(=O)N1CC2CN(c3cc(C(C)(C)C)ncn3)CC2C1. The highest BCUT2D eigenvalue weighted by atomic mass is 16.5. The third kappa shape index (κ3) is 3.66. The maximum Gasteiger partial charge on any atom is 0.259 e. The van der Waals surface area contributed by atoms with E-state index >= 15 is 0 Å². The zero-order valence-electron chi connectivity index (χ0n) is 18.3. The number of hydrogen-bond acceptors (Lipinski definition) is 6. The topological polar surface area (TPSA) is 80.6 Å². The third-order valence-electron chi connectivity index (χ3n) is 6.16. The van der Waals surface area contributed by atoms with Crippen molar-refractivity contribution in [2.24, 2.45) is 18.9 Å². The summed E-state index contributed by atoms with van der Waals surface area (Å²) in [5.41, 5.74) is 1.24. The van der Waals surface area contributed by atoms with Crippen molar-refractivity contribution in [2.45, 2.75) is 26.2 Å². The maximum absolute atomic E-state index is 13.1. The average Bonchev–Trinajstić information content (AvgIpc) is 3.28. The molecule has 4 rings (SSSR count). The number of amides is 1. The second-order valence-electron chi connectivity index (χ2n) is 9.35. The van der Waals surface area contributed by atoms with E-state index in [2.05, 4.69) is 41.7 Å². The van der Waals surface area contributed by atoms with Gasteiger partial charge in [0.05, 0.1) is 18.4 Å². The number of aryl methyl sites for hydroxylation is 1. The third-order valence-corrected chi connectivity index (χ3v) is 6.16. The molecule has 30 heavy (non-hydrogen) atoms. The van der Waals surface area contributed by atoms with Gasteiger partial charge in [-0.25, -0.2) is 9.97 Å². The van der Waals surface area contributed by atoms with Crippen LogP contribution in [0.3, 0.4) is 0 Å². The van der Waals surface area contributed by atoms with Crippen LogP contribution in [0.5, 0.6) is 5.75 Å². The molecule has 8 nitrogen and oxygen atoms in total. The van der Waals surface area contributed by atoms with Crippen molar-refractivity contribution in [3.8, 4) is 5.75 Å². The van der Waals surface area contributed by atoms with E-state index in [0.717, 1.165) is 24.6 Å². The molecule has 0 saturated carbocycles. The molecule has 2 aliphatic rings. The van der Waals surface area contributed by atoms with Gasteiger partial charge in [0.15, 0.2) is 0 Å². The standard InChI is InChI=1S/C22H29N5O3/c1-22(2,3)18-7-19(24-13-23-18)26-8-14-10-27(11-15(14)9-26)21(29)16-12-25(4)20(28)6-17(16)30-5/h6-7,12-15H,8-11H2,1-5H3. The van der Waals surface area contributed by atoms with E-state index in [4.69, 9.17) is 4.74 Å². The number of carbonyl (C=O) groups excluding carboxylic acids is 1. The van der Waals surface area contributed by atoms with E-state index in [9.17, 15) is 9.59 Å². The quantitative estimate of drug-likeness (QED) is 0.765. The Morgan fingerprint density at radius 3 is 2.37 bits per heavy atom. The second kappa shape index (κ2) is 7.41.